The minimum Gasteiger partial charge on any atom is -0.465 e. The highest BCUT2D eigenvalue weighted by Gasteiger charge is 2.29. The first-order valence-corrected chi connectivity index (χ1v) is 7.18. The van der Waals surface area contributed by atoms with Crippen molar-refractivity contribution in [2.24, 2.45) is 0 Å². The van der Waals surface area contributed by atoms with Gasteiger partial charge in [-0.3, -0.25) is 4.79 Å². The zero-order chi connectivity index (χ0) is 14.8. The van der Waals surface area contributed by atoms with Crippen molar-refractivity contribution in [2.75, 3.05) is 37.0 Å². The van der Waals surface area contributed by atoms with Crippen molar-refractivity contribution >= 4 is 23.3 Å². The second kappa shape index (κ2) is 5.73. The Balaban J connectivity index is 1.92. The van der Waals surface area contributed by atoms with Crippen LogP contribution in [0.3, 0.4) is 0 Å². The van der Waals surface area contributed by atoms with Crippen LogP contribution in [0.15, 0.2) is 18.2 Å². The molecule has 1 amide bonds. The molecule has 0 saturated carbocycles. The van der Waals surface area contributed by atoms with Gasteiger partial charge in [-0.2, -0.15) is 0 Å². The molecule has 0 unspecified atom stereocenters. The van der Waals surface area contributed by atoms with E-state index in [0.717, 1.165) is 31.6 Å². The summed E-state index contributed by atoms with van der Waals surface area (Å²) < 4.78 is 4.72. The van der Waals surface area contributed by atoms with Crippen molar-refractivity contribution in [3.8, 4) is 0 Å². The number of ether oxygens (including phenoxy) is 1. The van der Waals surface area contributed by atoms with Crippen LogP contribution in [-0.4, -0.2) is 44.7 Å². The van der Waals surface area contributed by atoms with Crippen LogP contribution in [0.5, 0.6) is 0 Å². The summed E-state index contributed by atoms with van der Waals surface area (Å²) >= 11 is 0. The number of nitrogens with zero attached hydrogens (tertiary/aromatic N) is 1. The van der Waals surface area contributed by atoms with Gasteiger partial charge in [-0.1, -0.05) is 0 Å². The fourth-order valence-electron chi connectivity index (χ4n) is 3.01. The molecule has 0 radical (unpaired) electrons. The predicted molar refractivity (Wildman–Crippen MR) is 79.6 cm³/mol. The number of hydrogen-bond acceptors (Lipinski definition) is 5. The molecule has 1 saturated heterocycles. The van der Waals surface area contributed by atoms with E-state index in [9.17, 15) is 9.59 Å². The second-order valence-electron chi connectivity index (χ2n) is 5.38. The zero-order valence-electron chi connectivity index (χ0n) is 12.0. The van der Waals surface area contributed by atoms with E-state index in [2.05, 4.69) is 15.5 Å². The average Bonchev–Trinajstić information content (AvgIpc) is 2.53. The van der Waals surface area contributed by atoms with Gasteiger partial charge >= 0.3 is 5.97 Å². The summed E-state index contributed by atoms with van der Waals surface area (Å²) in [6.45, 7) is 2.31. The lowest BCUT2D eigenvalue weighted by Crippen LogP contribution is -2.48. The zero-order valence-corrected chi connectivity index (χ0v) is 12.0. The van der Waals surface area contributed by atoms with Crippen LogP contribution in [0.2, 0.25) is 0 Å². The number of carbonyl (C=O) groups is 2. The van der Waals surface area contributed by atoms with E-state index in [1.165, 1.54) is 7.11 Å². The molecule has 2 N–H and O–H groups in total. The van der Waals surface area contributed by atoms with E-state index in [4.69, 9.17) is 4.74 Å². The summed E-state index contributed by atoms with van der Waals surface area (Å²) in [7, 11) is 1.35. The van der Waals surface area contributed by atoms with Gasteiger partial charge in [-0.05, 0) is 44.1 Å². The normalized spacial score (nSPS) is 18.9. The third kappa shape index (κ3) is 2.71. The Kier molecular flexibility index (Phi) is 3.79. The van der Waals surface area contributed by atoms with Crippen LogP contribution in [0.25, 0.3) is 0 Å². The Morgan fingerprint density at radius 3 is 2.81 bits per heavy atom. The fourth-order valence-corrected chi connectivity index (χ4v) is 3.01. The average molecular weight is 289 g/mol. The number of rotatable bonds is 2. The Morgan fingerprint density at radius 1 is 1.33 bits per heavy atom. The highest BCUT2D eigenvalue weighted by atomic mass is 16.5. The molecule has 3 rings (SSSR count). The van der Waals surface area contributed by atoms with Gasteiger partial charge in [0.05, 0.1) is 30.6 Å². The summed E-state index contributed by atoms with van der Waals surface area (Å²) in [5.41, 5.74) is 2.12. The number of piperidine rings is 1. The number of amides is 1. The number of anilines is 2. The van der Waals surface area contributed by atoms with Gasteiger partial charge in [0.25, 0.3) is 0 Å². The molecule has 2 aliphatic rings. The number of benzene rings is 1. The van der Waals surface area contributed by atoms with E-state index in [1.54, 1.807) is 12.1 Å². The van der Waals surface area contributed by atoms with Crippen LogP contribution in [0.4, 0.5) is 11.4 Å². The summed E-state index contributed by atoms with van der Waals surface area (Å²) in [6.07, 6.45) is 2.04. The van der Waals surface area contributed by atoms with Crippen LogP contribution >= 0.6 is 0 Å². The van der Waals surface area contributed by atoms with Crippen LogP contribution in [-0.2, 0) is 9.53 Å². The lowest BCUT2D eigenvalue weighted by Gasteiger charge is -2.39. The third-order valence-electron chi connectivity index (χ3n) is 4.06. The largest absolute Gasteiger partial charge is 0.465 e. The highest BCUT2D eigenvalue weighted by Crippen LogP contribution is 2.33. The molecular formula is C15H19N3O3. The van der Waals surface area contributed by atoms with Gasteiger partial charge in [-0.25, -0.2) is 4.79 Å². The Bertz CT molecular complexity index is 567. The second-order valence-corrected chi connectivity index (χ2v) is 5.38. The summed E-state index contributed by atoms with van der Waals surface area (Å²) in [4.78, 5) is 25.7. The van der Waals surface area contributed by atoms with Gasteiger partial charge in [0, 0.05) is 6.04 Å². The van der Waals surface area contributed by atoms with Gasteiger partial charge in [-0.15, -0.1) is 0 Å². The Labute approximate surface area is 123 Å². The van der Waals surface area contributed by atoms with E-state index in [0.29, 0.717) is 23.8 Å². The topological polar surface area (TPSA) is 70.7 Å². The number of nitrogens with one attached hydrogen (secondary N) is 2. The minimum atomic E-state index is -0.397. The van der Waals surface area contributed by atoms with Crippen molar-refractivity contribution in [3.05, 3.63) is 23.8 Å². The molecule has 21 heavy (non-hydrogen) atoms. The van der Waals surface area contributed by atoms with Crippen LogP contribution in [0, 0.1) is 0 Å². The smallest absolute Gasteiger partial charge is 0.337 e. The predicted octanol–water partition coefficient (Wildman–Crippen LogP) is 0.984. The van der Waals surface area contributed by atoms with Crippen LogP contribution < -0.4 is 15.5 Å². The number of methoxy groups -OCH3 is 1. The van der Waals surface area contributed by atoms with Crippen molar-refractivity contribution < 1.29 is 14.3 Å². The first-order valence-electron chi connectivity index (χ1n) is 7.18. The Hall–Kier alpha value is -2.08. The molecule has 6 nitrogen and oxygen atoms in total. The van der Waals surface area contributed by atoms with Crippen molar-refractivity contribution in [1.82, 2.24) is 5.32 Å². The lowest BCUT2D eigenvalue weighted by molar-refractivity contribution is -0.115. The standard InChI is InChI=1S/C15H19N3O3/c1-21-15(20)10-2-3-13-12(8-10)17-14(19)9-18(13)11-4-6-16-7-5-11/h2-3,8,11,16H,4-7,9H2,1H3,(H,17,19). The maximum Gasteiger partial charge on any atom is 0.337 e. The molecular weight excluding hydrogens is 270 g/mol. The van der Waals surface area contributed by atoms with Crippen molar-refractivity contribution in [3.63, 3.8) is 0 Å². The molecule has 0 bridgehead atoms. The number of esters is 1. The summed E-state index contributed by atoms with van der Waals surface area (Å²) in [5.74, 6) is -0.436. The Morgan fingerprint density at radius 2 is 2.10 bits per heavy atom. The van der Waals surface area contributed by atoms with E-state index in [1.807, 2.05) is 6.07 Å². The molecule has 0 spiro atoms. The molecule has 2 aliphatic heterocycles. The minimum absolute atomic E-state index is 0.0388. The first-order chi connectivity index (χ1) is 10.2. The maximum absolute atomic E-state index is 11.9. The van der Waals surface area contributed by atoms with E-state index < -0.39 is 5.97 Å². The molecule has 0 atom stereocenters. The molecule has 0 aromatic heterocycles. The third-order valence-corrected chi connectivity index (χ3v) is 4.06. The summed E-state index contributed by atoms with van der Waals surface area (Å²) in [6, 6.07) is 5.69. The lowest BCUT2D eigenvalue weighted by atomic mass is 10.0. The molecule has 1 aromatic carbocycles. The van der Waals surface area contributed by atoms with Gasteiger partial charge in [0.1, 0.15) is 0 Å². The first kappa shape index (κ1) is 13.9. The van der Waals surface area contributed by atoms with E-state index >= 15 is 0 Å². The molecule has 1 aromatic rings. The van der Waals surface area contributed by atoms with Gasteiger partial charge in [0.2, 0.25) is 5.91 Å². The van der Waals surface area contributed by atoms with Crippen molar-refractivity contribution in [2.45, 2.75) is 18.9 Å². The number of fused-ring (bicyclic) bond motifs is 1. The molecule has 6 heteroatoms. The number of hydrogen-bond donors (Lipinski definition) is 2. The van der Waals surface area contributed by atoms with Gasteiger partial charge < -0.3 is 20.3 Å². The SMILES string of the molecule is COC(=O)c1ccc2c(c1)NC(=O)CN2C1CCNCC1. The summed E-state index contributed by atoms with van der Waals surface area (Å²) in [5, 5.41) is 6.18. The molecule has 2 heterocycles. The fraction of sp³-hybridized carbons (Fsp3) is 0.467. The number of carbonyl (C=O) groups excluding carboxylic acids is 2. The quantitative estimate of drug-likeness (QED) is 0.794. The molecule has 1 fully saturated rings. The van der Waals surface area contributed by atoms with E-state index in [-0.39, 0.29) is 5.91 Å². The molecule has 0 aliphatic carbocycles. The maximum atomic E-state index is 11.9. The van der Waals surface area contributed by atoms with Crippen molar-refractivity contribution in [1.29, 1.82) is 0 Å². The van der Waals surface area contributed by atoms with Gasteiger partial charge in [0.15, 0.2) is 0 Å². The highest BCUT2D eigenvalue weighted by molar-refractivity contribution is 6.03. The van der Waals surface area contributed by atoms with Crippen LogP contribution in [0.1, 0.15) is 23.2 Å². The monoisotopic (exact) mass is 289 g/mol. The molecule has 112 valence electrons.